The predicted octanol–water partition coefficient (Wildman–Crippen LogP) is 2.69. The zero-order valence-corrected chi connectivity index (χ0v) is 17.4. The van der Waals surface area contributed by atoms with Gasteiger partial charge < -0.3 is 14.6 Å². The number of imidazole rings is 1. The molecule has 0 bridgehead atoms. The molecule has 1 aromatic carbocycles. The topological polar surface area (TPSA) is 78.7 Å². The molecule has 4 rings (SSSR count). The molecule has 1 N–H and O–H groups in total. The monoisotopic (exact) mass is 438 g/mol. The second-order valence-electron chi connectivity index (χ2n) is 7.88. The molecule has 1 amide bonds. The Morgan fingerprint density at radius 3 is 2.32 bits per heavy atom. The number of hydrogen-bond acceptors (Lipinski definition) is 4. The van der Waals surface area contributed by atoms with Gasteiger partial charge in [-0.1, -0.05) is 29.8 Å². The molecule has 0 saturated carbocycles. The average Bonchev–Trinajstić information content (AvgIpc) is 3.02. The smallest absolute Gasteiger partial charge is 0.475 e. The number of aryl methyl sites for hydroxylation is 2. The summed E-state index contributed by atoms with van der Waals surface area (Å²) in [6.07, 6.45) is -2.11. The fraction of sp³-hybridized carbons (Fsp3) is 0.476. The third-order valence-corrected chi connectivity index (χ3v) is 5.44. The van der Waals surface area contributed by atoms with Crippen molar-refractivity contribution in [2.45, 2.75) is 38.5 Å². The van der Waals surface area contributed by atoms with E-state index in [0.29, 0.717) is 0 Å². The van der Waals surface area contributed by atoms with Gasteiger partial charge in [0.2, 0.25) is 5.91 Å². The van der Waals surface area contributed by atoms with Crippen molar-refractivity contribution in [1.29, 1.82) is 0 Å². The van der Waals surface area contributed by atoms with Gasteiger partial charge in [-0.3, -0.25) is 9.69 Å². The highest BCUT2D eigenvalue weighted by atomic mass is 19.4. The molecule has 1 saturated heterocycles. The molecular formula is C21H25F3N4O3. The third-order valence-electron chi connectivity index (χ3n) is 5.44. The van der Waals surface area contributed by atoms with E-state index in [4.69, 9.17) is 9.90 Å². The van der Waals surface area contributed by atoms with E-state index in [0.717, 1.165) is 50.5 Å². The lowest BCUT2D eigenvalue weighted by Gasteiger charge is -2.38. The minimum atomic E-state index is -5.08. The molecule has 0 radical (unpaired) electrons. The number of carbonyl (C=O) groups excluding carboxylic acids is 1. The van der Waals surface area contributed by atoms with Gasteiger partial charge in [-0.2, -0.15) is 13.2 Å². The Balaban J connectivity index is 0.000000339. The Morgan fingerprint density at radius 1 is 1.19 bits per heavy atom. The van der Waals surface area contributed by atoms with E-state index >= 15 is 0 Å². The first-order chi connectivity index (χ1) is 14.6. The van der Waals surface area contributed by atoms with E-state index in [1.54, 1.807) is 0 Å². The van der Waals surface area contributed by atoms with Crippen LogP contribution < -0.4 is 0 Å². The molecule has 1 fully saturated rings. The van der Waals surface area contributed by atoms with Crippen molar-refractivity contribution in [3.8, 4) is 0 Å². The maximum absolute atomic E-state index is 12.9. The fourth-order valence-electron chi connectivity index (χ4n) is 3.70. The van der Waals surface area contributed by atoms with Crippen LogP contribution in [0.4, 0.5) is 13.2 Å². The first kappa shape index (κ1) is 22.8. The van der Waals surface area contributed by atoms with Crippen LogP contribution in [0.1, 0.15) is 34.9 Å². The molecular weight excluding hydrogens is 413 g/mol. The summed E-state index contributed by atoms with van der Waals surface area (Å²) in [5, 5.41) is 7.12. The van der Waals surface area contributed by atoms with Crippen molar-refractivity contribution >= 4 is 11.9 Å². The van der Waals surface area contributed by atoms with E-state index < -0.39 is 12.1 Å². The van der Waals surface area contributed by atoms with Crippen LogP contribution in [0.2, 0.25) is 0 Å². The van der Waals surface area contributed by atoms with E-state index in [1.807, 2.05) is 22.8 Å². The third kappa shape index (κ3) is 5.43. The molecule has 10 heteroatoms. The van der Waals surface area contributed by atoms with Crippen LogP contribution in [-0.2, 0) is 29.7 Å². The van der Waals surface area contributed by atoms with Gasteiger partial charge in [0.25, 0.3) is 0 Å². The number of rotatable bonds is 3. The van der Waals surface area contributed by atoms with Crippen molar-refractivity contribution in [2.75, 3.05) is 19.6 Å². The zero-order valence-electron chi connectivity index (χ0n) is 17.4. The molecule has 168 valence electrons. The second-order valence-corrected chi connectivity index (χ2v) is 7.88. The van der Waals surface area contributed by atoms with Crippen LogP contribution in [-0.4, -0.2) is 62.1 Å². The van der Waals surface area contributed by atoms with Crippen molar-refractivity contribution in [1.82, 2.24) is 19.4 Å². The van der Waals surface area contributed by atoms with E-state index in [-0.39, 0.29) is 11.8 Å². The van der Waals surface area contributed by atoms with Crippen molar-refractivity contribution in [3.05, 3.63) is 53.1 Å². The first-order valence-electron chi connectivity index (χ1n) is 9.93. The maximum Gasteiger partial charge on any atom is 0.490 e. The highest BCUT2D eigenvalue weighted by Crippen LogP contribution is 2.31. The zero-order chi connectivity index (χ0) is 22.8. The van der Waals surface area contributed by atoms with Gasteiger partial charge in [-0.15, -0.1) is 0 Å². The largest absolute Gasteiger partial charge is 0.490 e. The number of likely N-dealkylation sites (tertiary alicyclic amines) is 1. The van der Waals surface area contributed by atoms with Crippen LogP contribution in [0.25, 0.3) is 0 Å². The Labute approximate surface area is 178 Å². The Kier molecular flexibility index (Phi) is 6.68. The SMILES string of the molecule is Cc1ccc(CN2Cc3ncn(C)c3C(C(=O)N3CCC3)C2)cc1.O=C(O)C(F)(F)F. The van der Waals surface area contributed by atoms with E-state index in [9.17, 15) is 18.0 Å². The summed E-state index contributed by atoms with van der Waals surface area (Å²) in [4.78, 5) is 30.7. The number of halogens is 3. The number of carboxylic acids is 1. The summed E-state index contributed by atoms with van der Waals surface area (Å²) >= 11 is 0. The molecule has 0 spiro atoms. The van der Waals surface area contributed by atoms with Crippen molar-refractivity contribution in [2.24, 2.45) is 7.05 Å². The number of nitrogens with zero attached hydrogens (tertiary/aromatic N) is 4. The van der Waals surface area contributed by atoms with Gasteiger partial charge in [0.15, 0.2) is 0 Å². The highest BCUT2D eigenvalue weighted by Gasteiger charge is 2.38. The molecule has 2 aliphatic heterocycles. The number of hydrogen-bond donors (Lipinski definition) is 1. The van der Waals surface area contributed by atoms with Gasteiger partial charge in [-0.25, -0.2) is 9.78 Å². The van der Waals surface area contributed by atoms with Crippen LogP contribution >= 0.6 is 0 Å². The molecule has 2 aliphatic rings. The standard InChI is InChI=1S/C19H24N4O.C2HF3O2/c1-14-4-6-15(7-5-14)10-22-11-16(19(24)23-8-3-9-23)18-17(12-22)20-13-21(18)2;3-2(4,5)1(6)7/h4-7,13,16H,3,8-12H2,1-2H3;(H,6,7). The molecule has 31 heavy (non-hydrogen) atoms. The number of amides is 1. The predicted molar refractivity (Wildman–Crippen MR) is 106 cm³/mol. The van der Waals surface area contributed by atoms with E-state index in [1.165, 1.54) is 11.1 Å². The molecule has 0 aliphatic carbocycles. The van der Waals surface area contributed by atoms with Gasteiger partial charge in [-0.05, 0) is 18.9 Å². The second kappa shape index (κ2) is 9.09. The van der Waals surface area contributed by atoms with Gasteiger partial charge >= 0.3 is 12.1 Å². The summed E-state index contributed by atoms with van der Waals surface area (Å²) in [6, 6.07) is 8.65. The minimum Gasteiger partial charge on any atom is -0.475 e. The average molecular weight is 438 g/mol. The number of alkyl halides is 3. The lowest BCUT2D eigenvalue weighted by molar-refractivity contribution is -0.192. The normalized spacial score (nSPS) is 18.5. The molecule has 2 aromatic rings. The van der Waals surface area contributed by atoms with Gasteiger partial charge in [0.05, 0.1) is 23.6 Å². The van der Waals surface area contributed by atoms with Gasteiger partial charge in [0.1, 0.15) is 0 Å². The Morgan fingerprint density at radius 2 is 1.81 bits per heavy atom. The minimum absolute atomic E-state index is 0.0907. The van der Waals surface area contributed by atoms with Crippen molar-refractivity contribution < 1.29 is 27.9 Å². The fourth-order valence-corrected chi connectivity index (χ4v) is 3.70. The van der Waals surface area contributed by atoms with Crippen LogP contribution in [0, 0.1) is 6.92 Å². The number of carbonyl (C=O) groups is 2. The van der Waals surface area contributed by atoms with Gasteiger partial charge in [0, 0.05) is 39.8 Å². The number of aromatic nitrogens is 2. The van der Waals surface area contributed by atoms with Crippen LogP contribution in [0.3, 0.4) is 0 Å². The lowest BCUT2D eigenvalue weighted by atomic mass is 9.94. The summed E-state index contributed by atoms with van der Waals surface area (Å²) in [5.41, 5.74) is 4.71. The summed E-state index contributed by atoms with van der Waals surface area (Å²) in [7, 11) is 2.00. The summed E-state index contributed by atoms with van der Waals surface area (Å²) < 4.78 is 33.8. The Bertz CT molecular complexity index is 936. The quantitative estimate of drug-likeness (QED) is 0.797. The molecule has 1 unspecified atom stereocenters. The number of fused-ring (bicyclic) bond motifs is 1. The lowest BCUT2D eigenvalue weighted by Crippen LogP contribution is -2.48. The highest BCUT2D eigenvalue weighted by molar-refractivity contribution is 5.84. The molecule has 3 heterocycles. The molecule has 1 atom stereocenters. The molecule has 7 nitrogen and oxygen atoms in total. The summed E-state index contributed by atoms with van der Waals surface area (Å²) in [5.74, 6) is -2.58. The van der Waals surface area contributed by atoms with Crippen LogP contribution in [0.15, 0.2) is 30.6 Å². The maximum atomic E-state index is 12.9. The number of benzene rings is 1. The number of aliphatic carboxylic acids is 1. The van der Waals surface area contributed by atoms with Crippen LogP contribution in [0.5, 0.6) is 0 Å². The summed E-state index contributed by atoms with van der Waals surface area (Å²) in [6.45, 7) is 6.36. The van der Waals surface area contributed by atoms with Crippen molar-refractivity contribution in [3.63, 3.8) is 0 Å². The Hall–Kier alpha value is -2.88. The number of carboxylic acid groups (broad SMARTS) is 1. The molecule has 1 aromatic heterocycles. The van der Waals surface area contributed by atoms with E-state index in [2.05, 4.69) is 41.1 Å². The first-order valence-corrected chi connectivity index (χ1v) is 9.93.